The van der Waals surface area contributed by atoms with Crippen LogP contribution in [0, 0.1) is 0 Å². The fourth-order valence-electron chi connectivity index (χ4n) is 5.88. The van der Waals surface area contributed by atoms with Crippen LogP contribution >= 0.6 is 7.82 Å². The summed E-state index contributed by atoms with van der Waals surface area (Å²) >= 11 is 0. The molecule has 52 heavy (non-hydrogen) atoms. The van der Waals surface area contributed by atoms with Crippen LogP contribution < -0.4 is 0 Å². The van der Waals surface area contributed by atoms with Gasteiger partial charge in [-0.3, -0.25) is 18.6 Å². The molecule has 1 unspecified atom stereocenters. The molecule has 0 spiro atoms. The third kappa shape index (κ3) is 38.5. The van der Waals surface area contributed by atoms with Gasteiger partial charge in [0.25, 0.3) is 0 Å². The molecule has 9 nitrogen and oxygen atoms in total. The van der Waals surface area contributed by atoms with E-state index in [4.69, 9.17) is 18.5 Å². The minimum absolute atomic E-state index is 0.0330. The van der Waals surface area contributed by atoms with Crippen molar-refractivity contribution >= 4 is 19.8 Å². The van der Waals surface area contributed by atoms with Crippen LogP contribution in [0.25, 0.3) is 0 Å². The van der Waals surface area contributed by atoms with Crippen molar-refractivity contribution in [3.63, 3.8) is 0 Å². The summed E-state index contributed by atoms with van der Waals surface area (Å²) in [5, 5.41) is 0. The molecular weight excluding hydrogens is 677 g/mol. The van der Waals surface area contributed by atoms with E-state index in [1.54, 1.807) is 0 Å². The van der Waals surface area contributed by atoms with Gasteiger partial charge in [-0.05, 0) is 32.1 Å². The van der Waals surface area contributed by atoms with Crippen molar-refractivity contribution < 1.29 is 42.1 Å². The van der Waals surface area contributed by atoms with Gasteiger partial charge in [-0.2, -0.15) is 0 Å². The lowest BCUT2D eigenvalue weighted by Crippen LogP contribution is -2.37. The number of nitrogens with zero attached hydrogens (tertiary/aromatic N) is 1. The van der Waals surface area contributed by atoms with Crippen molar-refractivity contribution in [1.82, 2.24) is 0 Å². The van der Waals surface area contributed by atoms with E-state index in [2.05, 4.69) is 26.0 Å². The molecule has 0 aromatic heterocycles. The van der Waals surface area contributed by atoms with Gasteiger partial charge in [0.05, 0.1) is 27.7 Å². The Labute approximate surface area is 320 Å². The van der Waals surface area contributed by atoms with E-state index in [-0.39, 0.29) is 25.6 Å². The van der Waals surface area contributed by atoms with Gasteiger partial charge in [0, 0.05) is 12.8 Å². The van der Waals surface area contributed by atoms with Crippen LogP contribution in [0.1, 0.15) is 194 Å². The molecule has 2 atom stereocenters. The normalized spacial score (nSPS) is 13.7. The zero-order valence-electron chi connectivity index (χ0n) is 34.6. The standard InChI is InChI=1S/C42H82NO8P/c1-6-8-10-12-14-16-18-19-20-21-22-23-25-26-28-30-32-34-41(44)48-38-40(39-50-52(46,47)49-37-36-43(3,4)5)51-42(45)35-33-31-29-27-24-17-15-13-11-9-7-2/h13,15,40H,6-12,14,16-39H2,1-5H3/p+1/b15-13+/t40-/m0/s1. The van der Waals surface area contributed by atoms with Gasteiger partial charge in [-0.15, -0.1) is 0 Å². The molecule has 0 saturated heterocycles. The van der Waals surface area contributed by atoms with Gasteiger partial charge >= 0.3 is 19.8 Å². The number of likely N-dealkylation sites (N-methyl/N-ethyl adjacent to an activating group) is 1. The summed E-state index contributed by atoms with van der Waals surface area (Å²) in [7, 11) is 1.48. The maximum Gasteiger partial charge on any atom is 0.472 e. The van der Waals surface area contributed by atoms with Crippen LogP contribution in [0.2, 0.25) is 0 Å². The third-order valence-electron chi connectivity index (χ3n) is 9.30. The summed E-state index contributed by atoms with van der Waals surface area (Å²) in [5.74, 6) is -0.802. The quantitative estimate of drug-likeness (QED) is 0.0217. The van der Waals surface area contributed by atoms with Crippen LogP contribution in [-0.2, 0) is 32.7 Å². The van der Waals surface area contributed by atoms with Crippen molar-refractivity contribution in [1.29, 1.82) is 0 Å². The summed E-state index contributed by atoms with van der Waals surface area (Å²) < 4.78 is 34.2. The van der Waals surface area contributed by atoms with Crippen LogP contribution in [0.4, 0.5) is 0 Å². The van der Waals surface area contributed by atoms with E-state index in [0.29, 0.717) is 23.9 Å². The summed E-state index contributed by atoms with van der Waals surface area (Å²) in [4.78, 5) is 35.2. The SMILES string of the molecule is CCCC/C=C/CCCCCCCC(=O)O[C@@H](COC(=O)CCCCCCCCCCCCCCCCCCC)COP(=O)(O)OCC[N+](C)(C)C. The zero-order chi connectivity index (χ0) is 38.6. The predicted molar refractivity (Wildman–Crippen MR) is 215 cm³/mol. The summed E-state index contributed by atoms with van der Waals surface area (Å²) in [6, 6.07) is 0. The van der Waals surface area contributed by atoms with Crippen LogP contribution in [0.15, 0.2) is 12.2 Å². The number of phosphoric acid groups is 1. The lowest BCUT2D eigenvalue weighted by molar-refractivity contribution is -0.870. The first-order valence-corrected chi connectivity index (χ1v) is 22.9. The molecule has 0 saturated carbocycles. The number of phosphoric ester groups is 1. The van der Waals surface area contributed by atoms with Crippen molar-refractivity contribution in [2.45, 2.75) is 200 Å². The Morgan fingerprint density at radius 1 is 0.577 bits per heavy atom. The molecule has 0 fully saturated rings. The lowest BCUT2D eigenvalue weighted by Gasteiger charge is -2.24. The molecule has 0 aromatic rings. The molecule has 0 radical (unpaired) electrons. The van der Waals surface area contributed by atoms with Gasteiger partial charge in [-0.1, -0.05) is 161 Å². The number of hydrogen-bond donors (Lipinski definition) is 1. The molecule has 0 amide bonds. The Bertz CT molecular complexity index is 907. The van der Waals surface area contributed by atoms with E-state index >= 15 is 0 Å². The molecule has 308 valence electrons. The number of carbonyl (C=O) groups excluding carboxylic acids is 2. The lowest BCUT2D eigenvalue weighted by atomic mass is 10.0. The van der Waals surface area contributed by atoms with Gasteiger partial charge < -0.3 is 18.9 Å². The molecule has 0 rings (SSSR count). The van der Waals surface area contributed by atoms with E-state index in [0.717, 1.165) is 57.8 Å². The van der Waals surface area contributed by atoms with Crippen molar-refractivity contribution in [3.05, 3.63) is 12.2 Å². The Kier molecular flexibility index (Phi) is 34.6. The van der Waals surface area contributed by atoms with Gasteiger partial charge in [0.2, 0.25) is 0 Å². The Balaban J connectivity index is 4.30. The molecule has 0 aliphatic carbocycles. The van der Waals surface area contributed by atoms with E-state index < -0.39 is 26.5 Å². The Morgan fingerprint density at radius 3 is 1.48 bits per heavy atom. The maximum absolute atomic E-state index is 12.6. The van der Waals surface area contributed by atoms with Crippen molar-refractivity contribution in [2.24, 2.45) is 0 Å². The minimum Gasteiger partial charge on any atom is -0.462 e. The number of hydrogen-bond acceptors (Lipinski definition) is 7. The molecule has 0 aliphatic rings. The zero-order valence-corrected chi connectivity index (χ0v) is 35.5. The Morgan fingerprint density at radius 2 is 1.00 bits per heavy atom. The smallest absolute Gasteiger partial charge is 0.462 e. The molecule has 10 heteroatoms. The number of rotatable bonds is 39. The minimum atomic E-state index is -4.37. The van der Waals surface area contributed by atoms with Crippen LogP contribution in [0.5, 0.6) is 0 Å². The number of ether oxygens (including phenoxy) is 2. The topological polar surface area (TPSA) is 108 Å². The van der Waals surface area contributed by atoms with Crippen molar-refractivity contribution in [2.75, 3.05) is 47.5 Å². The molecule has 0 heterocycles. The van der Waals surface area contributed by atoms with Crippen molar-refractivity contribution in [3.8, 4) is 0 Å². The average Bonchev–Trinajstić information content (AvgIpc) is 3.09. The molecular formula is C42H83NO8P+. The van der Waals surface area contributed by atoms with E-state index in [9.17, 15) is 19.0 Å². The number of unbranched alkanes of at least 4 members (excludes halogenated alkanes) is 23. The highest BCUT2D eigenvalue weighted by molar-refractivity contribution is 7.47. The Hall–Kier alpha value is -1.25. The number of allylic oxidation sites excluding steroid dienone is 2. The highest BCUT2D eigenvalue weighted by atomic mass is 31.2. The second-order valence-corrected chi connectivity index (χ2v) is 17.2. The van der Waals surface area contributed by atoms with E-state index in [1.807, 2.05) is 21.1 Å². The number of carbonyl (C=O) groups is 2. The molecule has 0 aliphatic heterocycles. The third-order valence-corrected chi connectivity index (χ3v) is 10.3. The first-order chi connectivity index (χ1) is 25.0. The van der Waals surface area contributed by atoms with Gasteiger partial charge in [-0.25, -0.2) is 4.57 Å². The summed E-state index contributed by atoms with van der Waals surface area (Å²) in [6.07, 6.45) is 35.4. The summed E-state index contributed by atoms with van der Waals surface area (Å²) in [5.41, 5.74) is 0. The van der Waals surface area contributed by atoms with Gasteiger partial charge in [0.15, 0.2) is 6.10 Å². The average molecular weight is 761 g/mol. The highest BCUT2D eigenvalue weighted by Crippen LogP contribution is 2.43. The van der Waals surface area contributed by atoms with E-state index in [1.165, 1.54) is 103 Å². The predicted octanol–water partition coefficient (Wildman–Crippen LogP) is 11.8. The monoisotopic (exact) mass is 761 g/mol. The fourth-order valence-corrected chi connectivity index (χ4v) is 6.62. The second kappa shape index (κ2) is 35.5. The number of esters is 2. The molecule has 0 bridgehead atoms. The second-order valence-electron chi connectivity index (χ2n) is 15.7. The largest absolute Gasteiger partial charge is 0.472 e. The maximum atomic E-state index is 12.6. The van der Waals surface area contributed by atoms with Crippen LogP contribution in [-0.4, -0.2) is 74.9 Å². The molecule has 0 aromatic carbocycles. The summed E-state index contributed by atoms with van der Waals surface area (Å²) in [6.45, 7) is 4.39. The molecule has 1 N–H and O–H groups in total. The van der Waals surface area contributed by atoms with Gasteiger partial charge in [0.1, 0.15) is 19.8 Å². The highest BCUT2D eigenvalue weighted by Gasteiger charge is 2.27. The van der Waals surface area contributed by atoms with Crippen LogP contribution in [0.3, 0.4) is 0 Å². The fraction of sp³-hybridized carbons (Fsp3) is 0.905. The number of quaternary nitrogens is 1. The first-order valence-electron chi connectivity index (χ1n) is 21.4. The first kappa shape index (κ1) is 50.8.